The van der Waals surface area contributed by atoms with Gasteiger partial charge in [0.25, 0.3) is 0 Å². The Kier molecular flexibility index (Phi) is 2.37. The molecule has 2 aliphatic heterocycles. The number of ketones is 1. The maximum atomic E-state index is 11.8. The number of rotatable bonds is 0. The lowest BCUT2D eigenvalue weighted by Gasteiger charge is -2.51. The Hall–Kier alpha value is 0.100. The molecule has 0 saturated carbocycles. The summed E-state index contributed by atoms with van der Waals surface area (Å²) >= 11 is 0. The summed E-state index contributed by atoms with van der Waals surface area (Å²) in [6.45, 7) is 11.8. The van der Waals surface area contributed by atoms with Crippen LogP contribution in [0, 0.1) is 0 Å². The maximum Gasteiger partial charge on any atom is 0.134 e. The Morgan fingerprint density at radius 1 is 1.07 bits per heavy atom. The van der Waals surface area contributed by atoms with Crippen LogP contribution in [0.5, 0.6) is 0 Å². The summed E-state index contributed by atoms with van der Waals surface area (Å²) in [6.07, 6.45) is 4.26. The van der Waals surface area contributed by atoms with Crippen molar-refractivity contribution in [2.75, 3.05) is 0 Å². The third kappa shape index (κ3) is 1.68. The van der Waals surface area contributed by atoms with Crippen molar-refractivity contribution in [2.45, 2.75) is 75.8 Å². The van der Waals surface area contributed by atoms with Gasteiger partial charge in [-0.1, -0.05) is 42.5 Å². The number of Topliss-reactive ketones (excluding diaryl/α,β-unsaturated/α-hetero) is 1. The third-order valence-electron chi connectivity index (χ3n) is 4.11. The molecule has 2 saturated heterocycles. The van der Waals surface area contributed by atoms with Gasteiger partial charge in [-0.2, -0.15) is 0 Å². The van der Waals surface area contributed by atoms with Crippen LogP contribution in [0.3, 0.4) is 0 Å². The van der Waals surface area contributed by atoms with Crippen molar-refractivity contribution in [3.05, 3.63) is 0 Å². The van der Waals surface area contributed by atoms with Gasteiger partial charge in [0.05, 0.1) is 0 Å². The van der Waals surface area contributed by atoms with Crippen LogP contribution in [0.4, 0.5) is 0 Å². The summed E-state index contributed by atoms with van der Waals surface area (Å²) in [5.41, 5.74) is 0. The molecule has 15 heavy (non-hydrogen) atoms. The molecule has 2 heterocycles. The van der Waals surface area contributed by atoms with Crippen LogP contribution < -0.4 is 0 Å². The predicted octanol–water partition coefficient (Wildman–Crippen LogP) is 3.94. The van der Waals surface area contributed by atoms with Crippen LogP contribution in [-0.2, 0) is 4.79 Å². The number of fused-ring (bicyclic) bond motifs is 2. The first-order valence-electron chi connectivity index (χ1n) is 6.00. The van der Waals surface area contributed by atoms with Crippen LogP contribution >= 0.6 is 7.92 Å². The van der Waals surface area contributed by atoms with Gasteiger partial charge in [-0.15, -0.1) is 0 Å². The summed E-state index contributed by atoms with van der Waals surface area (Å²) in [6, 6.07) is 0. The van der Waals surface area contributed by atoms with E-state index >= 15 is 0 Å². The highest BCUT2D eigenvalue weighted by Crippen LogP contribution is 2.78. The molecule has 0 radical (unpaired) electrons. The standard InChI is InChI=1S/C13H23OP/c1-11(2,3)15-12(4)6-7-13(15,5)9-10(14)8-12/h6-9H2,1-5H3. The topological polar surface area (TPSA) is 17.1 Å². The summed E-state index contributed by atoms with van der Waals surface area (Å²) in [7, 11) is -0.0356. The third-order valence-corrected chi connectivity index (χ3v) is 8.37. The van der Waals surface area contributed by atoms with Gasteiger partial charge >= 0.3 is 0 Å². The van der Waals surface area contributed by atoms with Crippen molar-refractivity contribution in [2.24, 2.45) is 0 Å². The van der Waals surface area contributed by atoms with E-state index in [9.17, 15) is 4.79 Å². The Labute approximate surface area is 94.8 Å². The zero-order valence-corrected chi connectivity index (χ0v) is 11.6. The highest BCUT2D eigenvalue weighted by atomic mass is 31.1. The first kappa shape index (κ1) is 11.6. The van der Waals surface area contributed by atoms with E-state index in [0.29, 0.717) is 21.3 Å². The molecule has 86 valence electrons. The molecule has 0 aromatic heterocycles. The fourth-order valence-electron chi connectivity index (χ4n) is 4.28. The van der Waals surface area contributed by atoms with E-state index in [4.69, 9.17) is 0 Å². The molecular formula is C13H23OP. The second kappa shape index (κ2) is 3.06. The molecule has 2 aliphatic rings. The normalized spacial score (nSPS) is 45.9. The molecule has 0 amide bonds. The number of carbonyl (C=O) groups is 1. The predicted molar refractivity (Wildman–Crippen MR) is 67.0 cm³/mol. The molecule has 0 aliphatic carbocycles. The molecule has 2 atom stereocenters. The van der Waals surface area contributed by atoms with E-state index in [-0.39, 0.29) is 7.92 Å². The van der Waals surface area contributed by atoms with Crippen molar-refractivity contribution < 1.29 is 4.79 Å². The van der Waals surface area contributed by atoms with Crippen LogP contribution in [0.2, 0.25) is 0 Å². The maximum absolute atomic E-state index is 11.8. The van der Waals surface area contributed by atoms with Crippen molar-refractivity contribution >= 4 is 13.7 Å². The Morgan fingerprint density at radius 2 is 1.47 bits per heavy atom. The number of hydrogen-bond acceptors (Lipinski definition) is 1. The molecule has 0 N–H and O–H groups in total. The van der Waals surface area contributed by atoms with Crippen molar-refractivity contribution in [3.63, 3.8) is 0 Å². The highest BCUT2D eigenvalue weighted by Gasteiger charge is 2.59. The lowest BCUT2D eigenvalue weighted by molar-refractivity contribution is -0.120. The van der Waals surface area contributed by atoms with Gasteiger partial charge in [-0.05, 0) is 28.3 Å². The van der Waals surface area contributed by atoms with Crippen molar-refractivity contribution in [1.29, 1.82) is 0 Å². The zero-order chi connectivity index (χ0) is 11.5. The fourth-order valence-corrected chi connectivity index (χ4v) is 10.2. The van der Waals surface area contributed by atoms with Crippen LogP contribution in [0.25, 0.3) is 0 Å². The minimum Gasteiger partial charge on any atom is -0.300 e. The number of hydrogen-bond donors (Lipinski definition) is 0. The summed E-state index contributed by atoms with van der Waals surface area (Å²) in [4.78, 5) is 11.8. The van der Waals surface area contributed by atoms with Crippen LogP contribution in [-0.4, -0.2) is 21.3 Å². The van der Waals surface area contributed by atoms with Crippen molar-refractivity contribution in [1.82, 2.24) is 0 Å². The van der Waals surface area contributed by atoms with Gasteiger partial charge in [0.15, 0.2) is 0 Å². The molecule has 0 spiro atoms. The van der Waals surface area contributed by atoms with Gasteiger partial charge in [-0.25, -0.2) is 0 Å². The van der Waals surface area contributed by atoms with E-state index in [1.54, 1.807) is 0 Å². The lowest BCUT2D eigenvalue weighted by Crippen LogP contribution is -2.41. The minimum absolute atomic E-state index is 0.0356. The molecule has 1 nitrogen and oxygen atoms in total. The van der Waals surface area contributed by atoms with Gasteiger partial charge in [0.1, 0.15) is 5.78 Å². The molecule has 2 rings (SSSR count). The lowest BCUT2D eigenvalue weighted by atomic mass is 10.0. The average molecular weight is 226 g/mol. The molecule has 2 bridgehead atoms. The second-order valence-electron chi connectivity index (χ2n) is 6.89. The van der Waals surface area contributed by atoms with Gasteiger partial charge in [-0.3, -0.25) is 4.79 Å². The van der Waals surface area contributed by atoms with E-state index in [1.807, 2.05) is 0 Å². The summed E-state index contributed by atoms with van der Waals surface area (Å²) in [5.74, 6) is 0.514. The zero-order valence-electron chi connectivity index (χ0n) is 10.7. The first-order valence-corrected chi connectivity index (χ1v) is 7.34. The van der Waals surface area contributed by atoms with Crippen LogP contribution in [0.1, 0.15) is 60.3 Å². The average Bonchev–Trinajstić information content (AvgIpc) is 2.13. The monoisotopic (exact) mass is 226 g/mol. The molecule has 0 aromatic carbocycles. The van der Waals surface area contributed by atoms with Gasteiger partial charge in [0, 0.05) is 12.8 Å². The molecule has 2 heteroatoms. The largest absolute Gasteiger partial charge is 0.300 e. The molecule has 0 aromatic rings. The second-order valence-corrected chi connectivity index (χ2v) is 11.1. The Balaban J connectivity index is 2.43. The number of carbonyl (C=O) groups excluding carboxylic acids is 1. The van der Waals surface area contributed by atoms with E-state index in [1.165, 1.54) is 12.8 Å². The minimum atomic E-state index is -0.0356. The summed E-state index contributed by atoms with van der Waals surface area (Å²) in [5, 5.41) is 1.09. The smallest absolute Gasteiger partial charge is 0.134 e. The van der Waals surface area contributed by atoms with Gasteiger partial charge < -0.3 is 0 Å². The van der Waals surface area contributed by atoms with E-state index in [2.05, 4.69) is 34.6 Å². The Morgan fingerprint density at radius 3 is 1.80 bits per heavy atom. The Bertz CT molecular complexity index is 282. The fraction of sp³-hybridized carbons (Fsp3) is 0.923. The first-order chi connectivity index (χ1) is 6.67. The van der Waals surface area contributed by atoms with E-state index < -0.39 is 0 Å². The van der Waals surface area contributed by atoms with Gasteiger partial charge in [0.2, 0.25) is 0 Å². The van der Waals surface area contributed by atoms with E-state index in [0.717, 1.165) is 12.8 Å². The molecular weight excluding hydrogens is 203 g/mol. The van der Waals surface area contributed by atoms with Crippen molar-refractivity contribution in [3.8, 4) is 0 Å². The van der Waals surface area contributed by atoms with Crippen LogP contribution in [0.15, 0.2) is 0 Å². The summed E-state index contributed by atoms with van der Waals surface area (Å²) < 4.78 is 0. The molecule has 2 fully saturated rings. The highest BCUT2D eigenvalue weighted by molar-refractivity contribution is 7.63. The molecule has 2 unspecified atom stereocenters. The quantitative estimate of drug-likeness (QED) is 0.572. The SMILES string of the molecule is CC(C)(C)P1C2(C)CCC1(C)CC(=O)C2.